The van der Waals surface area contributed by atoms with E-state index in [0.717, 1.165) is 34.1 Å². The first kappa shape index (κ1) is 21.7. The second kappa shape index (κ2) is 8.67. The van der Waals surface area contributed by atoms with Crippen LogP contribution in [0.5, 0.6) is 0 Å². The van der Waals surface area contributed by atoms with Gasteiger partial charge >= 0.3 is 0 Å². The summed E-state index contributed by atoms with van der Waals surface area (Å²) in [5.41, 5.74) is 5.51. The third kappa shape index (κ3) is 3.72. The van der Waals surface area contributed by atoms with Crippen molar-refractivity contribution < 1.29 is 14.3 Å². The van der Waals surface area contributed by atoms with Crippen molar-refractivity contribution in [3.63, 3.8) is 0 Å². The lowest BCUT2D eigenvalue weighted by Crippen LogP contribution is -2.63. The summed E-state index contributed by atoms with van der Waals surface area (Å²) >= 11 is 0. The maximum atomic E-state index is 13.6. The molecule has 172 valence electrons. The van der Waals surface area contributed by atoms with E-state index in [1.165, 1.54) is 5.56 Å². The lowest BCUT2D eigenvalue weighted by molar-refractivity contribution is -0.158. The van der Waals surface area contributed by atoms with Crippen molar-refractivity contribution in [1.82, 2.24) is 14.8 Å². The van der Waals surface area contributed by atoms with E-state index in [1.54, 1.807) is 12.0 Å². The summed E-state index contributed by atoms with van der Waals surface area (Å²) in [6, 6.07) is 15.9. The predicted molar refractivity (Wildman–Crippen MR) is 128 cm³/mol. The van der Waals surface area contributed by atoms with Gasteiger partial charge in [-0.15, -0.1) is 0 Å². The first-order chi connectivity index (χ1) is 16.0. The van der Waals surface area contributed by atoms with Crippen LogP contribution in [0.1, 0.15) is 54.6 Å². The first-order valence-electron chi connectivity index (χ1n) is 11.8. The average molecular weight is 446 g/mol. The van der Waals surface area contributed by atoms with Gasteiger partial charge in [-0.3, -0.25) is 9.59 Å². The van der Waals surface area contributed by atoms with Crippen LogP contribution < -0.4 is 0 Å². The molecule has 1 fully saturated rings. The minimum absolute atomic E-state index is 0.000686. The molecule has 1 N–H and O–H groups in total. The summed E-state index contributed by atoms with van der Waals surface area (Å²) < 4.78 is 5.15. The van der Waals surface area contributed by atoms with Gasteiger partial charge in [0.2, 0.25) is 11.8 Å². The fraction of sp³-hybridized carbons (Fsp3) is 0.407. The highest BCUT2D eigenvalue weighted by atomic mass is 16.5. The number of aromatic nitrogens is 1. The highest BCUT2D eigenvalue weighted by Gasteiger charge is 2.48. The largest absolute Gasteiger partial charge is 0.385 e. The molecule has 0 radical (unpaired) electrons. The van der Waals surface area contributed by atoms with Crippen LogP contribution >= 0.6 is 0 Å². The molecule has 0 saturated carbocycles. The fourth-order valence-electron chi connectivity index (χ4n) is 5.32. The van der Waals surface area contributed by atoms with Gasteiger partial charge in [-0.25, -0.2) is 0 Å². The van der Waals surface area contributed by atoms with Gasteiger partial charge in [0.15, 0.2) is 0 Å². The second-order valence-electron chi connectivity index (χ2n) is 9.41. The van der Waals surface area contributed by atoms with Crippen LogP contribution in [0, 0.1) is 0 Å². The molecular formula is C27H31N3O3. The van der Waals surface area contributed by atoms with Crippen molar-refractivity contribution in [1.29, 1.82) is 0 Å². The number of fused-ring (bicyclic) bond motifs is 4. The molecule has 6 heteroatoms. The summed E-state index contributed by atoms with van der Waals surface area (Å²) in [6.07, 6.45) is 1.26. The topological polar surface area (TPSA) is 65.6 Å². The third-order valence-electron chi connectivity index (χ3n) is 7.04. The number of nitrogens with zero attached hydrogens (tertiary/aromatic N) is 2. The van der Waals surface area contributed by atoms with E-state index in [2.05, 4.69) is 55.2 Å². The quantitative estimate of drug-likeness (QED) is 0.583. The molecule has 0 bridgehead atoms. The van der Waals surface area contributed by atoms with Gasteiger partial charge in [0.25, 0.3) is 0 Å². The average Bonchev–Trinajstić information content (AvgIpc) is 3.19. The molecule has 0 spiro atoms. The van der Waals surface area contributed by atoms with E-state index >= 15 is 0 Å². The summed E-state index contributed by atoms with van der Waals surface area (Å²) in [5, 5.41) is 1.13. The molecule has 5 rings (SSSR count). The number of carbonyl (C=O) groups is 2. The Morgan fingerprint density at radius 1 is 1.09 bits per heavy atom. The van der Waals surface area contributed by atoms with E-state index in [-0.39, 0.29) is 24.4 Å². The van der Waals surface area contributed by atoms with Gasteiger partial charge in [0.05, 0.1) is 12.6 Å². The number of hydrogen-bond acceptors (Lipinski definition) is 3. The zero-order valence-electron chi connectivity index (χ0n) is 19.5. The number of benzene rings is 2. The van der Waals surface area contributed by atoms with E-state index in [4.69, 9.17) is 4.74 Å². The SMILES string of the molecule is COCCCN1CC(=O)N2C(c3ccc(C(C)C)cc3)c3[nH]c4ccccc4c3C[C@H]2C1=O. The molecule has 2 aliphatic rings. The van der Waals surface area contributed by atoms with E-state index in [1.807, 2.05) is 17.0 Å². The molecule has 6 nitrogen and oxygen atoms in total. The molecule has 1 saturated heterocycles. The van der Waals surface area contributed by atoms with E-state index in [0.29, 0.717) is 25.5 Å². The number of para-hydroxylation sites is 1. The Labute approximate surface area is 194 Å². The Balaban J connectivity index is 1.60. The normalized spacial score (nSPS) is 20.5. The molecule has 2 atom stereocenters. The third-order valence-corrected chi connectivity index (χ3v) is 7.04. The lowest BCUT2D eigenvalue weighted by atomic mass is 9.85. The van der Waals surface area contributed by atoms with Crippen molar-refractivity contribution in [2.75, 3.05) is 26.8 Å². The smallest absolute Gasteiger partial charge is 0.246 e. The number of H-pyrrole nitrogens is 1. The summed E-state index contributed by atoms with van der Waals surface area (Å²) in [7, 11) is 1.65. The van der Waals surface area contributed by atoms with Crippen molar-refractivity contribution in [2.45, 2.75) is 44.7 Å². The van der Waals surface area contributed by atoms with Crippen molar-refractivity contribution in [3.8, 4) is 0 Å². The summed E-state index contributed by atoms with van der Waals surface area (Å²) in [5.74, 6) is 0.463. The molecule has 3 heterocycles. The van der Waals surface area contributed by atoms with Gasteiger partial charge < -0.3 is 19.5 Å². The number of piperazine rings is 1. The number of amides is 2. The number of methoxy groups -OCH3 is 1. The Morgan fingerprint density at radius 2 is 1.85 bits per heavy atom. The molecule has 1 unspecified atom stereocenters. The van der Waals surface area contributed by atoms with Crippen LogP contribution in [-0.4, -0.2) is 59.4 Å². The van der Waals surface area contributed by atoms with Crippen molar-refractivity contribution >= 4 is 22.7 Å². The monoisotopic (exact) mass is 445 g/mol. The van der Waals surface area contributed by atoms with Crippen LogP contribution in [0.15, 0.2) is 48.5 Å². The Hall–Kier alpha value is -3.12. The van der Waals surface area contributed by atoms with Gasteiger partial charge in [0, 0.05) is 43.3 Å². The maximum absolute atomic E-state index is 13.6. The van der Waals surface area contributed by atoms with E-state index in [9.17, 15) is 9.59 Å². The standard InChI is InChI=1S/C27H31N3O3/c1-17(2)18-9-11-19(12-10-18)26-25-21(20-7-4-5-8-22(20)28-25)15-23-27(32)29(13-6-14-33-3)16-24(31)30(23)26/h4-5,7-12,17,23,26,28H,6,13-16H2,1-3H3/t23-,26?/m0/s1. The van der Waals surface area contributed by atoms with Crippen LogP contribution in [-0.2, 0) is 20.7 Å². The van der Waals surface area contributed by atoms with Gasteiger partial charge in [0.1, 0.15) is 6.04 Å². The van der Waals surface area contributed by atoms with Gasteiger partial charge in [-0.05, 0) is 35.1 Å². The molecule has 33 heavy (non-hydrogen) atoms. The molecular weight excluding hydrogens is 414 g/mol. The first-order valence-corrected chi connectivity index (χ1v) is 11.8. The van der Waals surface area contributed by atoms with Crippen LogP contribution in [0.25, 0.3) is 10.9 Å². The zero-order chi connectivity index (χ0) is 23.1. The van der Waals surface area contributed by atoms with Crippen molar-refractivity contribution in [2.24, 2.45) is 0 Å². The van der Waals surface area contributed by atoms with Crippen LogP contribution in [0.2, 0.25) is 0 Å². The number of ether oxygens (including phenoxy) is 1. The predicted octanol–water partition coefficient (Wildman–Crippen LogP) is 4.01. The fourth-order valence-corrected chi connectivity index (χ4v) is 5.32. The summed E-state index contributed by atoms with van der Waals surface area (Å²) in [6.45, 7) is 5.58. The second-order valence-corrected chi connectivity index (χ2v) is 9.41. The number of carbonyl (C=O) groups excluding carboxylic acids is 2. The van der Waals surface area contributed by atoms with E-state index < -0.39 is 6.04 Å². The highest BCUT2D eigenvalue weighted by molar-refractivity contribution is 5.97. The van der Waals surface area contributed by atoms with Gasteiger partial charge in [-0.1, -0.05) is 56.3 Å². The molecule has 2 aromatic carbocycles. The molecule has 0 aliphatic carbocycles. The number of nitrogens with one attached hydrogen (secondary N) is 1. The Kier molecular flexibility index (Phi) is 5.71. The Bertz CT molecular complexity index is 1180. The minimum Gasteiger partial charge on any atom is -0.385 e. The van der Waals surface area contributed by atoms with Crippen LogP contribution in [0.3, 0.4) is 0 Å². The summed E-state index contributed by atoms with van der Waals surface area (Å²) in [4.78, 5) is 34.2. The zero-order valence-corrected chi connectivity index (χ0v) is 19.5. The maximum Gasteiger partial charge on any atom is 0.246 e. The van der Waals surface area contributed by atoms with Crippen molar-refractivity contribution in [3.05, 3.63) is 70.9 Å². The van der Waals surface area contributed by atoms with Gasteiger partial charge in [-0.2, -0.15) is 0 Å². The molecule has 2 amide bonds. The minimum atomic E-state index is -0.490. The number of rotatable bonds is 6. The number of hydrogen-bond donors (Lipinski definition) is 1. The molecule has 1 aromatic heterocycles. The van der Waals surface area contributed by atoms with Crippen LogP contribution in [0.4, 0.5) is 0 Å². The Morgan fingerprint density at radius 3 is 2.58 bits per heavy atom. The molecule has 2 aliphatic heterocycles. The lowest BCUT2D eigenvalue weighted by Gasteiger charge is -2.47. The molecule has 3 aromatic rings. The number of aromatic amines is 1. The highest BCUT2D eigenvalue weighted by Crippen LogP contribution is 2.42.